The number of aromatic nitrogens is 3. The molecule has 4 aromatic heterocycles. The molecule has 0 fully saturated rings. The molecule has 13 aromatic rings. The zero-order valence-electron chi connectivity index (χ0n) is 43.3. The zero-order chi connectivity index (χ0) is 50.3. The van der Waals surface area contributed by atoms with Crippen LogP contribution in [0, 0.1) is 0 Å². The highest BCUT2D eigenvalue weighted by atomic mass is 32.1. The maximum absolute atomic E-state index is 7.34. The van der Waals surface area contributed by atoms with Gasteiger partial charge < -0.3 is 13.8 Å². The third-order valence-electron chi connectivity index (χ3n) is 16.3. The van der Waals surface area contributed by atoms with Crippen molar-refractivity contribution >= 4 is 115 Å². The Morgan fingerprint density at radius 1 is 0.500 bits per heavy atom. The van der Waals surface area contributed by atoms with Gasteiger partial charge in [0.1, 0.15) is 17.0 Å². The van der Waals surface area contributed by atoms with E-state index in [1.807, 2.05) is 11.3 Å². The fourth-order valence-corrected chi connectivity index (χ4v) is 13.7. The highest BCUT2D eigenvalue weighted by Crippen LogP contribution is 2.54. The summed E-state index contributed by atoms with van der Waals surface area (Å²) in [7, 11) is 0. The van der Waals surface area contributed by atoms with Gasteiger partial charge in [-0.1, -0.05) is 159 Å². The Balaban J connectivity index is 1.16. The van der Waals surface area contributed by atoms with Crippen LogP contribution < -0.4 is 15.7 Å². The number of hydrogen-bond donors (Lipinski definition) is 0. The summed E-state index contributed by atoms with van der Waals surface area (Å²) in [6.07, 6.45) is 0. The number of thiophene rings is 1. The van der Waals surface area contributed by atoms with Crippen LogP contribution in [0.15, 0.2) is 174 Å². The highest BCUT2D eigenvalue weighted by Gasteiger charge is 2.47. The molecule has 5 nitrogen and oxygen atoms in total. The Labute approximate surface area is 435 Å². The molecule has 0 atom stereocenters. The summed E-state index contributed by atoms with van der Waals surface area (Å²) in [4.78, 5) is 8.33. The van der Waals surface area contributed by atoms with E-state index in [9.17, 15) is 0 Å². The SMILES string of the molecule is CC(C)(C)c1ccc(N2B3c4cc5nc(-c6ccccc6)n(-c6ccccc6)c5cc4-n4c5ccc(C(C)(C)C)cc5c5c6oc7ccccc7c6c(c3c54)-c3cc4sc5cc(C(C)(C)C)ccc5c4cc32)cc1. The number of hydrogen-bond acceptors (Lipinski definition) is 4. The van der Waals surface area contributed by atoms with E-state index >= 15 is 0 Å². The molecular weight excluding hydrogens is 920 g/mol. The summed E-state index contributed by atoms with van der Waals surface area (Å²) in [6, 6.07) is 63.8. The standard InChI is InChI=1S/C67H55BN4OS/c1-65(2,3)39-24-28-43(29-25-39)72-52-34-46-44-30-26-41(67(7,8)9)33-56(44)74-57(46)35-48(52)58-59-45-22-16-17-23-55(45)73-63(59)60-47-32-40(66(4,5)6)27-31-51(47)71-53-37-54-50(36-49(53)68(72)61(58)62(60)71)69-64(38-18-12-10-13-19-38)70(54)42-20-14-11-15-21-42/h10-37H,1-9H3. The van der Waals surface area contributed by atoms with Gasteiger partial charge in [0.15, 0.2) is 0 Å². The molecule has 2 aliphatic rings. The molecular formula is C67H55BN4OS. The Bertz CT molecular complexity index is 4530. The lowest BCUT2D eigenvalue weighted by atomic mass is 9.43. The molecule has 0 N–H and O–H groups in total. The topological polar surface area (TPSA) is 39.1 Å². The molecule has 0 saturated carbocycles. The molecule has 0 amide bonds. The van der Waals surface area contributed by atoms with E-state index in [1.165, 1.54) is 80.9 Å². The number of fused-ring (bicyclic) bond motifs is 17. The zero-order valence-corrected chi connectivity index (χ0v) is 44.2. The van der Waals surface area contributed by atoms with Gasteiger partial charge in [-0.2, -0.15) is 0 Å². The molecule has 15 rings (SSSR count). The second kappa shape index (κ2) is 14.9. The van der Waals surface area contributed by atoms with E-state index in [2.05, 4.69) is 246 Å². The second-order valence-electron chi connectivity index (χ2n) is 24.0. The van der Waals surface area contributed by atoms with E-state index in [4.69, 9.17) is 9.40 Å². The van der Waals surface area contributed by atoms with E-state index in [-0.39, 0.29) is 23.1 Å². The van der Waals surface area contributed by atoms with Gasteiger partial charge in [-0.05, 0) is 122 Å². The first-order chi connectivity index (χ1) is 35.6. The molecule has 6 heterocycles. The van der Waals surface area contributed by atoms with Crippen LogP contribution >= 0.6 is 11.3 Å². The summed E-state index contributed by atoms with van der Waals surface area (Å²) in [6.45, 7) is 20.6. The number of nitrogens with zero attached hydrogens (tertiary/aromatic N) is 4. The van der Waals surface area contributed by atoms with Gasteiger partial charge in [0.25, 0.3) is 0 Å². The van der Waals surface area contributed by atoms with Crippen molar-refractivity contribution in [2.24, 2.45) is 0 Å². The molecule has 0 unspecified atom stereocenters. The summed E-state index contributed by atoms with van der Waals surface area (Å²) >= 11 is 1.91. The first-order valence-corrected chi connectivity index (χ1v) is 27.0. The average Bonchev–Trinajstić information content (AvgIpc) is 4.16. The fourth-order valence-electron chi connectivity index (χ4n) is 12.6. The van der Waals surface area contributed by atoms with Crippen LogP contribution in [-0.4, -0.2) is 21.0 Å². The van der Waals surface area contributed by atoms with Crippen LogP contribution in [0.5, 0.6) is 0 Å². The largest absolute Gasteiger partial charge is 0.455 e. The summed E-state index contributed by atoms with van der Waals surface area (Å²) in [5.41, 5.74) is 20.7. The van der Waals surface area contributed by atoms with Crippen molar-refractivity contribution in [1.29, 1.82) is 0 Å². The van der Waals surface area contributed by atoms with Crippen LogP contribution in [0.3, 0.4) is 0 Å². The van der Waals surface area contributed by atoms with Crippen molar-refractivity contribution in [1.82, 2.24) is 14.1 Å². The molecule has 7 heteroatoms. The number of rotatable bonds is 3. The monoisotopic (exact) mass is 974 g/mol. The van der Waals surface area contributed by atoms with Gasteiger partial charge in [-0.25, -0.2) is 4.98 Å². The van der Waals surface area contributed by atoms with E-state index in [0.717, 1.165) is 66.9 Å². The Hall–Kier alpha value is -7.87. The van der Waals surface area contributed by atoms with Crippen molar-refractivity contribution in [3.8, 4) is 33.9 Å². The molecule has 0 spiro atoms. The normalized spacial score (nSPS) is 13.7. The molecule has 0 saturated heterocycles. The molecule has 0 radical (unpaired) electrons. The third-order valence-corrected chi connectivity index (χ3v) is 17.5. The van der Waals surface area contributed by atoms with Crippen LogP contribution in [0.2, 0.25) is 0 Å². The third kappa shape index (κ3) is 6.08. The van der Waals surface area contributed by atoms with Gasteiger partial charge in [0.05, 0.1) is 27.5 Å². The van der Waals surface area contributed by atoms with Gasteiger partial charge in [0.2, 0.25) is 0 Å². The Kier molecular flexibility index (Phi) is 8.79. The van der Waals surface area contributed by atoms with Crippen LogP contribution in [0.4, 0.5) is 11.4 Å². The van der Waals surface area contributed by atoms with Crippen molar-refractivity contribution in [3.63, 3.8) is 0 Å². The molecule has 358 valence electrons. The Morgan fingerprint density at radius 3 is 1.91 bits per heavy atom. The lowest BCUT2D eigenvalue weighted by molar-refractivity contribution is 0.590. The van der Waals surface area contributed by atoms with Crippen molar-refractivity contribution in [3.05, 3.63) is 187 Å². The maximum Gasteiger partial charge on any atom is 0.333 e. The van der Waals surface area contributed by atoms with Crippen molar-refractivity contribution in [2.75, 3.05) is 4.81 Å². The second-order valence-corrected chi connectivity index (χ2v) is 25.1. The van der Waals surface area contributed by atoms with Gasteiger partial charge in [-0.3, -0.25) is 4.57 Å². The van der Waals surface area contributed by atoms with Crippen molar-refractivity contribution in [2.45, 2.75) is 78.6 Å². The summed E-state index contributed by atoms with van der Waals surface area (Å²) < 4.78 is 14.9. The smallest absolute Gasteiger partial charge is 0.333 e. The first-order valence-electron chi connectivity index (χ1n) is 26.1. The number of anilines is 2. The van der Waals surface area contributed by atoms with Crippen LogP contribution in [-0.2, 0) is 16.2 Å². The van der Waals surface area contributed by atoms with Gasteiger partial charge >= 0.3 is 6.85 Å². The molecule has 2 aliphatic heterocycles. The minimum absolute atomic E-state index is 0.0113. The highest BCUT2D eigenvalue weighted by molar-refractivity contribution is 7.25. The first kappa shape index (κ1) is 43.7. The fraction of sp³-hybridized carbons (Fsp3) is 0.179. The lowest BCUT2D eigenvalue weighted by Crippen LogP contribution is -2.60. The van der Waals surface area contributed by atoms with Crippen LogP contribution in [0.1, 0.15) is 79.0 Å². The lowest BCUT2D eigenvalue weighted by Gasteiger charge is -2.42. The van der Waals surface area contributed by atoms with Crippen molar-refractivity contribution < 1.29 is 4.42 Å². The summed E-state index contributed by atoms with van der Waals surface area (Å²) in [5.74, 6) is 0.915. The van der Waals surface area contributed by atoms with Crippen LogP contribution in [0.25, 0.3) is 109 Å². The quantitative estimate of drug-likeness (QED) is 0.166. The Morgan fingerprint density at radius 2 is 1.16 bits per heavy atom. The minimum Gasteiger partial charge on any atom is -0.455 e. The van der Waals surface area contributed by atoms with E-state index < -0.39 is 0 Å². The molecule has 9 aromatic carbocycles. The number of imidazole rings is 1. The molecule has 0 bridgehead atoms. The van der Waals surface area contributed by atoms with Gasteiger partial charge in [0, 0.05) is 70.2 Å². The minimum atomic E-state index is -0.242. The number of para-hydroxylation sites is 2. The number of furan rings is 1. The van der Waals surface area contributed by atoms with Gasteiger partial charge in [-0.15, -0.1) is 11.3 Å². The molecule has 0 aliphatic carbocycles. The molecule has 74 heavy (non-hydrogen) atoms. The summed E-state index contributed by atoms with van der Waals surface area (Å²) in [5, 5.41) is 7.26. The predicted molar refractivity (Wildman–Crippen MR) is 316 cm³/mol. The predicted octanol–water partition coefficient (Wildman–Crippen LogP) is 17.2. The van der Waals surface area contributed by atoms with E-state index in [0.29, 0.717) is 0 Å². The van der Waals surface area contributed by atoms with E-state index in [1.54, 1.807) is 0 Å². The average molecular weight is 975 g/mol. The maximum atomic E-state index is 7.34. The number of benzene rings is 9.